The normalized spacial score (nSPS) is 10.3. The maximum absolute atomic E-state index is 12.1. The summed E-state index contributed by atoms with van der Waals surface area (Å²) in [5.41, 5.74) is 2.89. The zero-order valence-corrected chi connectivity index (χ0v) is 16.1. The Morgan fingerprint density at radius 3 is 2.15 bits per heavy atom. The second kappa shape index (κ2) is 11.0. The second-order valence-electron chi connectivity index (χ2n) is 6.35. The van der Waals surface area contributed by atoms with E-state index in [1.807, 2.05) is 62.4 Å². The third kappa shape index (κ3) is 7.52. The van der Waals surface area contributed by atoms with Gasteiger partial charge in [0.15, 0.2) is 0 Å². The van der Waals surface area contributed by atoms with Gasteiger partial charge in [-0.2, -0.15) is 0 Å². The van der Waals surface area contributed by atoms with Crippen molar-refractivity contribution in [3.63, 3.8) is 0 Å². The molecule has 144 valence electrons. The largest absolute Gasteiger partial charge is 0.494 e. The number of benzene rings is 2. The molecule has 2 amide bonds. The van der Waals surface area contributed by atoms with E-state index in [2.05, 4.69) is 10.6 Å². The van der Waals surface area contributed by atoms with E-state index in [0.717, 1.165) is 29.0 Å². The van der Waals surface area contributed by atoms with E-state index >= 15 is 0 Å². The fraction of sp³-hybridized carbons (Fsp3) is 0.364. The summed E-state index contributed by atoms with van der Waals surface area (Å²) in [7, 11) is 0. The molecule has 0 radical (unpaired) electrons. The van der Waals surface area contributed by atoms with Gasteiger partial charge in [-0.1, -0.05) is 31.2 Å². The predicted molar refractivity (Wildman–Crippen MR) is 108 cm³/mol. The van der Waals surface area contributed by atoms with E-state index in [-0.39, 0.29) is 11.8 Å². The molecular formula is C22H28N2O3. The summed E-state index contributed by atoms with van der Waals surface area (Å²) in [6.07, 6.45) is 2.48. The van der Waals surface area contributed by atoms with Gasteiger partial charge in [-0.25, -0.2) is 0 Å². The van der Waals surface area contributed by atoms with Crippen LogP contribution in [0.1, 0.15) is 44.2 Å². The molecule has 0 unspecified atom stereocenters. The van der Waals surface area contributed by atoms with Crippen molar-refractivity contribution in [3.05, 3.63) is 59.7 Å². The van der Waals surface area contributed by atoms with Gasteiger partial charge < -0.3 is 15.4 Å². The summed E-state index contributed by atoms with van der Waals surface area (Å²) < 4.78 is 5.41. The molecule has 2 rings (SSSR count). The van der Waals surface area contributed by atoms with Crippen LogP contribution >= 0.6 is 0 Å². The molecular weight excluding hydrogens is 340 g/mol. The summed E-state index contributed by atoms with van der Waals surface area (Å²) in [5, 5.41) is 5.78. The molecule has 0 fully saturated rings. The third-order valence-electron chi connectivity index (χ3n) is 4.08. The Balaban J connectivity index is 1.72. The van der Waals surface area contributed by atoms with E-state index in [0.29, 0.717) is 32.4 Å². The Kier molecular flexibility index (Phi) is 8.36. The minimum Gasteiger partial charge on any atom is -0.494 e. The van der Waals surface area contributed by atoms with Gasteiger partial charge in [0.05, 0.1) is 6.61 Å². The van der Waals surface area contributed by atoms with Crippen molar-refractivity contribution >= 4 is 17.5 Å². The Bertz CT molecular complexity index is 724. The molecule has 2 aromatic carbocycles. The molecule has 0 atom stereocenters. The number of anilines is 1. The number of nitrogens with one attached hydrogen (secondary N) is 2. The number of amides is 2. The van der Waals surface area contributed by atoms with Gasteiger partial charge in [0.1, 0.15) is 5.75 Å². The van der Waals surface area contributed by atoms with Gasteiger partial charge in [0.2, 0.25) is 11.8 Å². The van der Waals surface area contributed by atoms with Crippen molar-refractivity contribution in [2.75, 3.05) is 11.9 Å². The first-order valence-electron chi connectivity index (χ1n) is 9.48. The van der Waals surface area contributed by atoms with Crippen LogP contribution in [-0.4, -0.2) is 18.4 Å². The molecule has 0 heterocycles. The topological polar surface area (TPSA) is 67.4 Å². The molecule has 0 aliphatic carbocycles. The molecule has 0 aliphatic rings. The summed E-state index contributed by atoms with van der Waals surface area (Å²) in [4.78, 5) is 23.6. The third-order valence-corrected chi connectivity index (χ3v) is 4.08. The van der Waals surface area contributed by atoms with Gasteiger partial charge in [-0.15, -0.1) is 0 Å². The number of aryl methyl sites for hydroxylation is 1. The van der Waals surface area contributed by atoms with Crippen LogP contribution in [0, 0.1) is 0 Å². The number of ether oxygens (including phenoxy) is 1. The number of carbonyl (C=O) groups excluding carboxylic acids is 2. The monoisotopic (exact) mass is 368 g/mol. The van der Waals surface area contributed by atoms with Crippen molar-refractivity contribution in [3.8, 4) is 5.75 Å². The van der Waals surface area contributed by atoms with Crippen LogP contribution in [0.25, 0.3) is 0 Å². The van der Waals surface area contributed by atoms with Crippen molar-refractivity contribution in [1.29, 1.82) is 0 Å². The van der Waals surface area contributed by atoms with Gasteiger partial charge in [-0.3, -0.25) is 9.59 Å². The molecule has 5 nitrogen and oxygen atoms in total. The zero-order chi connectivity index (χ0) is 19.5. The smallest absolute Gasteiger partial charge is 0.224 e. The molecule has 27 heavy (non-hydrogen) atoms. The van der Waals surface area contributed by atoms with Crippen LogP contribution in [0.15, 0.2) is 48.5 Å². The van der Waals surface area contributed by atoms with Crippen LogP contribution in [0.3, 0.4) is 0 Å². The highest BCUT2D eigenvalue weighted by Gasteiger charge is 2.04. The number of carbonyl (C=O) groups is 2. The predicted octanol–water partition coefficient (Wildman–Crippen LogP) is 4.07. The summed E-state index contributed by atoms with van der Waals surface area (Å²) >= 11 is 0. The van der Waals surface area contributed by atoms with Crippen molar-refractivity contribution in [2.24, 2.45) is 0 Å². The SMILES string of the molecule is CCCC(=O)Nc1ccc(CNC(=O)CCc2ccc(OCC)cc2)cc1. The molecule has 0 aliphatic heterocycles. The van der Waals surface area contributed by atoms with Crippen molar-refractivity contribution < 1.29 is 14.3 Å². The van der Waals surface area contributed by atoms with E-state index in [1.165, 1.54) is 0 Å². The molecule has 2 aromatic rings. The Morgan fingerprint density at radius 1 is 0.852 bits per heavy atom. The van der Waals surface area contributed by atoms with Crippen LogP contribution < -0.4 is 15.4 Å². The standard InChI is InChI=1S/C22H28N2O3/c1-3-5-22(26)24-19-11-6-18(7-12-19)16-23-21(25)15-10-17-8-13-20(14-9-17)27-4-2/h6-9,11-14H,3-5,10,15-16H2,1-2H3,(H,23,25)(H,24,26). The quantitative estimate of drug-likeness (QED) is 0.664. The van der Waals surface area contributed by atoms with Gasteiger partial charge in [0.25, 0.3) is 0 Å². The van der Waals surface area contributed by atoms with Crippen LogP contribution in [-0.2, 0) is 22.6 Å². The van der Waals surface area contributed by atoms with E-state index in [1.54, 1.807) is 0 Å². The summed E-state index contributed by atoms with van der Waals surface area (Å²) in [5.74, 6) is 0.886. The van der Waals surface area contributed by atoms with Gasteiger partial charge in [0, 0.05) is 25.1 Å². The highest BCUT2D eigenvalue weighted by molar-refractivity contribution is 5.90. The Labute approximate surface area is 161 Å². The van der Waals surface area contributed by atoms with E-state index in [9.17, 15) is 9.59 Å². The van der Waals surface area contributed by atoms with Crippen LogP contribution in [0.2, 0.25) is 0 Å². The fourth-order valence-corrected chi connectivity index (χ4v) is 2.62. The lowest BCUT2D eigenvalue weighted by atomic mass is 10.1. The van der Waals surface area contributed by atoms with Gasteiger partial charge in [-0.05, 0) is 55.2 Å². The molecule has 0 saturated heterocycles. The molecule has 0 aromatic heterocycles. The van der Waals surface area contributed by atoms with Crippen LogP contribution in [0.4, 0.5) is 5.69 Å². The van der Waals surface area contributed by atoms with Crippen LogP contribution in [0.5, 0.6) is 5.75 Å². The summed E-state index contributed by atoms with van der Waals surface area (Å²) in [6.45, 7) is 5.05. The number of rotatable bonds is 10. The average molecular weight is 368 g/mol. The minimum atomic E-state index is 0.0178. The Morgan fingerprint density at radius 2 is 1.52 bits per heavy atom. The maximum Gasteiger partial charge on any atom is 0.224 e. The number of hydrogen-bond donors (Lipinski definition) is 2. The first-order chi connectivity index (χ1) is 13.1. The minimum absolute atomic E-state index is 0.0178. The van der Waals surface area contributed by atoms with Crippen molar-refractivity contribution in [2.45, 2.75) is 46.1 Å². The molecule has 0 saturated carbocycles. The maximum atomic E-state index is 12.1. The average Bonchev–Trinajstić information content (AvgIpc) is 2.67. The first-order valence-corrected chi connectivity index (χ1v) is 9.48. The Hall–Kier alpha value is -2.82. The zero-order valence-electron chi connectivity index (χ0n) is 16.1. The highest BCUT2D eigenvalue weighted by atomic mass is 16.5. The second-order valence-corrected chi connectivity index (χ2v) is 6.35. The first kappa shape index (κ1) is 20.5. The van der Waals surface area contributed by atoms with Crippen molar-refractivity contribution in [1.82, 2.24) is 5.32 Å². The van der Waals surface area contributed by atoms with E-state index < -0.39 is 0 Å². The summed E-state index contributed by atoms with van der Waals surface area (Å²) in [6, 6.07) is 15.4. The highest BCUT2D eigenvalue weighted by Crippen LogP contribution is 2.13. The molecule has 0 spiro atoms. The fourth-order valence-electron chi connectivity index (χ4n) is 2.62. The lowest BCUT2D eigenvalue weighted by Gasteiger charge is -2.08. The molecule has 0 bridgehead atoms. The van der Waals surface area contributed by atoms with Gasteiger partial charge >= 0.3 is 0 Å². The lowest BCUT2D eigenvalue weighted by molar-refractivity contribution is -0.121. The lowest BCUT2D eigenvalue weighted by Crippen LogP contribution is -2.23. The molecule has 5 heteroatoms. The van der Waals surface area contributed by atoms with E-state index in [4.69, 9.17) is 4.74 Å². The molecule has 2 N–H and O–H groups in total. The number of hydrogen-bond acceptors (Lipinski definition) is 3.